The van der Waals surface area contributed by atoms with Crippen LogP contribution >= 0.6 is 11.6 Å². The van der Waals surface area contributed by atoms with Crippen LogP contribution in [0.2, 0.25) is 5.02 Å². The Morgan fingerprint density at radius 1 is 1.24 bits per heavy atom. The van der Waals surface area contributed by atoms with Crippen LogP contribution in [0.3, 0.4) is 0 Å². The number of fused-ring (bicyclic) bond motifs is 1. The number of benzene rings is 1. The minimum atomic E-state index is -1.13. The summed E-state index contributed by atoms with van der Waals surface area (Å²) >= 11 is 6.47. The van der Waals surface area contributed by atoms with Gasteiger partial charge in [0.1, 0.15) is 22.6 Å². The van der Waals surface area contributed by atoms with Gasteiger partial charge in [-0.3, -0.25) is 10.00 Å². The van der Waals surface area contributed by atoms with Crippen molar-refractivity contribution in [2.24, 2.45) is 0 Å². The number of H-pyrrole nitrogens is 1. The maximum Gasteiger partial charge on any atom is 0.408 e. The van der Waals surface area contributed by atoms with E-state index < -0.39 is 23.0 Å². The lowest BCUT2D eigenvalue weighted by molar-refractivity contribution is -0.00344. The molecule has 1 saturated heterocycles. The van der Waals surface area contributed by atoms with Gasteiger partial charge in [0.05, 0.1) is 18.0 Å². The van der Waals surface area contributed by atoms with Crippen molar-refractivity contribution in [3.05, 3.63) is 58.6 Å². The van der Waals surface area contributed by atoms with Crippen molar-refractivity contribution in [1.29, 1.82) is 5.26 Å². The van der Waals surface area contributed by atoms with Crippen molar-refractivity contribution in [2.75, 3.05) is 25.1 Å². The molecule has 2 N–H and O–H groups in total. The summed E-state index contributed by atoms with van der Waals surface area (Å²) in [6, 6.07) is 10.1. The predicted octanol–water partition coefficient (Wildman–Crippen LogP) is 5.36. The summed E-state index contributed by atoms with van der Waals surface area (Å²) in [4.78, 5) is 29.1. The van der Waals surface area contributed by atoms with Crippen molar-refractivity contribution in [3.8, 4) is 23.2 Å². The Labute approximate surface area is 240 Å². The van der Waals surface area contributed by atoms with Gasteiger partial charge >= 0.3 is 6.09 Å². The summed E-state index contributed by atoms with van der Waals surface area (Å²) < 4.78 is 20.4. The normalized spacial score (nSPS) is 15.0. The number of nitrogens with one attached hydrogen (secondary N) is 1. The molecule has 0 radical (unpaired) electrons. The summed E-state index contributed by atoms with van der Waals surface area (Å²) in [5, 5.41) is 28.2. The van der Waals surface area contributed by atoms with E-state index in [1.165, 1.54) is 24.3 Å². The molecule has 41 heavy (non-hydrogen) atoms. The molecule has 0 unspecified atom stereocenters. The molecule has 212 valence electrons. The minimum Gasteiger partial charge on any atom is -0.480 e. The van der Waals surface area contributed by atoms with Gasteiger partial charge in [-0.1, -0.05) is 29.8 Å². The number of rotatable bonds is 5. The van der Waals surface area contributed by atoms with E-state index in [4.69, 9.17) is 16.3 Å². The molecule has 0 aliphatic carbocycles. The Hall–Kier alpha value is -4.50. The molecule has 0 spiro atoms. The number of carboxylic acid groups (broad SMARTS) is 1. The molecule has 1 aromatic carbocycles. The van der Waals surface area contributed by atoms with Crippen LogP contribution in [0.5, 0.6) is 5.88 Å². The number of methoxy groups -OCH3 is 1. The first kappa shape index (κ1) is 28.0. The zero-order valence-corrected chi connectivity index (χ0v) is 23.7. The van der Waals surface area contributed by atoms with E-state index in [2.05, 4.69) is 31.2 Å². The van der Waals surface area contributed by atoms with Crippen LogP contribution in [0, 0.1) is 17.1 Å². The first-order chi connectivity index (χ1) is 19.5. The average molecular weight is 579 g/mol. The summed E-state index contributed by atoms with van der Waals surface area (Å²) in [6.45, 7) is 6.03. The highest BCUT2D eigenvalue weighted by atomic mass is 35.5. The SMILES string of the molecule is COc1nccc(-c2n[nH]c3nc(N4CCC(c5ccccc5F)(N(C(=O)O)C(C)(C)C)CC4)nc(C#N)c23)c1Cl. The Kier molecular flexibility index (Phi) is 7.17. The first-order valence-corrected chi connectivity index (χ1v) is 13.3. The number of hydrogen-bond donors (Lipinski definition) is 2. The molecule has 3 aromatic heterocycles. The Bertz CT molecular complexity index is 1670. The van der Waals surface area contributed by atoms with Crippen molar-refractivity contribution in [3.63, 3.8) is 0 Å². The number of pyridine rings is 1. The topological polar surface area (TPSA) is 144 Å². The number of carbonyl (C=O) groups is 1. The Balaban J connectivity index is 1.54. The van der Waals surface area contributed by atoms with Crippen molar-refractivity contribution in [1.82, 2.24) is 30.0 Å². The molecule has 1 aliphatic rings. The molecule has 1 fully saturated rings. The number of nitrogens with zero attached hydrogens (tertiary/aromatic N) is 7. The summed E-state index contributed by atoms with van der Waals surface area (Å²) in [5.74, 6) is 0.0355. The lowest BCUT2D eigenvalue weighted by Crippen LogP contribution is -2.61. The molecule has 4 heterocycles. The molecule has 0 bridgehead atoms. The quantitative estimate of drug-likeness (QED) is 0.319. The second kappa shape index (κ2) is 10.5. The van der Waals surface area contributed by atoms with Gasteiger partial charge in [0, 0.05) is 36.0 Å². The first-order valence-electron chi connectivity index (χ1n) is 12.9. The van der Waals surface area contributed by atoms with Crippen molar-refractivity contribution >= 4 is 34.7 Å². The Morgan fingerprint density at radius 3 is 2.56 bits per heavy atom. The van der Waals surface area contributed by atoms with E-state index in [0.717, 1.165) is 0 Å². The average Bonchev–Trinajstić information content (AvgIpc) is 3.36. The molecule has 4 aromatic rings. The smallest absolute Gasteiger partial charge is 0.408 e. The van der Waals surface area contributed by atoms with Gasteiger partial charge in [-0.2, -0.15) is 15.3 Å². The molecule has 5 rings (SSSR count). The summed E-state index contributed by atoms with van der Waals surface area (Å²) in [7, 11) is 1.45. The van der Waals surface area contributed by atoms with Gasteiger partial charge < -0.3 is 14.7 Å². The number of ether oxygens (including phenoxy) is 1. The molecule has 13 heteroatoms. The molecule has 11 nitrogen and oxygen atoms in total. The van der Waals surface area contributed by atoms with Crippen LogP contribution in [-0.2, 0) is 5.54 Å². The third-order valence-corrected chi connectivity index (χ3v) is 7.72. The Morgan fingerprint density at radius 2 is 1.95 bits per heavy atom. The van der Waals surface area contributed by atoms with Crippen molar-refractivity contribution < 1.29 is 19.0 Å². The third kappa shape index (κ3) is 4.76. The maximum absolute atomic E-state index is 15.2. The highest BCUT2D eigenvalue weighted by Crippen LogP contribution is 2.44. The van der Waals surface area contributed by atoms with E-state index in [1.807, 2.05) is 4.90 Å². The van der Waals surface area contributed by atoms with E-state index in [9.17, 15) is 15.2 Å². The van der Waals surface area contributed by atoms with Gasteiger partial charge in [-0.25, -0.2) is 19.2 Å². The number of aromatic nitrogens is 5. The number of anilines is 1. The minimum absolute atomic E-state index is 0.0911. The number of piperidine rings is 1. The van der Waals surface area contributed by atoms with E-state index in [-0.39, 0.29) is 35.4 Å². The van der Waals surface area contributed by atoms with E-state index >= 15 is 4.39 Å². The fourth-order valence-electron chi connectivity index (χ4n) is 5.73. The fraction of sp³-hybridized carbons (Fsp3) is 0.357. The summed E-state index contributed by atoms with van der Waals surface area (Å²) in [6.07, 6.45) is 0.952. The molecular weight excluding hydrogens is 551 g/mol. The third-order valence-electron chi connectivity index (χ3n) is 7.36. The van der Waals surface area contributed by atoms with Crippen LogP contribution in [0.4, 0.5) is 15.1 Å². The van der Waals surface area contributed by atoms with Gasteiger partial charge in [0.15, 0.2) is 11.3 Å². The van der Waals surface area contributed by atoms with E-state index in [1.54, 1.807) is 45.0 Å². The molecule has 0 atom stereocenters. The number of nitriles is 1. The number of halogens is 2. The fourth-order valence-corrected chi connectivity index (χ4v) is 6.01. The van der Waals surface area contributed by atoms with Gasteiger partial charge in [0.25, 0.3) is 0 Å². The van der Waals surface area contributed by atoms with Crippen LogP contribution in [0.25, 0.3) is 22.3 Å². The largest absolute Gasteiger partial charge is 0.480 e. The second-order valence-corrected chi connectivity index (χ2v) is 11.1. The van der Waals surface area contributed by atoms with Crippen LogP contribution in [0.1, 0.15) is 44.9 Å². The number of aromatic amines is 1. The van der Waals surface area contributed by atoms with E-state index in [0.29, 0.717) is 40.9 Å². The van der Waals surface area contributed by atoms with Crippen LogP contribution < -0.4 is 9.64 Å². The van der Waals surface area contributed by atoms with Gasteiger partial charge in [0.2, 0.25) is 11.8 Å². The standard InChI is InChI=1S/C28H28ClFN8O3/c1-27(2,3)38(26(39)40)28(17-7-5-6-8-18(17)30)10-13-37(14-11-28)25-33-19(15-31)20-22(35-36-23(20)34-25)16-9-12-32-24(41-4)21(16)29/h5-9,12H,10-11,13-14H2,1-4H3,(H,39,40)(H,33,34,35,36). The lowest BCUT2D eigenvalue weighted by Gasteiger charge is -2.52. The van der Waals surface area contributed by atoms with Crippen LogP contribution in [0.15, 0.2) is 36.5 Å². The second-order valence-electron chi connectivity index (χ2n) is 10.7. The predicted molar refractivity (Wildman–Crippen MR) is 150 cm³/mol. The van der Waals surface area contributed by atoms with Gasteiger partial charge in [-0.05, 0) is 45.7 Å². The van der Waals surface area contributed by atoms with Crippen molar-refractivity contribution in [2.45, 2.75) is 44.7 Å². The van der Waals surface area contributed by atoms with Gasteiger partial charge in [-0.15, -0.1) is 0 Å². The molecule has 1 amide bonds. The molecule has 0 saturated carbocycles. The van der Waals surface area contributed by atoms with Crippen LogP contribution in [-0.4, -0.2) is 67.0 Å². The zero-order chi connectivity index (χ0) is 29.5. The summed E-state index contributed by atoms with van der Waals surface area (Å²) in [5.41, 5.74) is -0.284. The number of hydrogen-bond acceptors (Lipinski definition) is 8. The number of amides is 1. The molecule has 1 aliphatic heterocycles. The molecular formula is C28H28ClFN8O3. The monoisotopic (exact) mass is 578 g/mol. The highest BCUT2D eigenvalue weighted by Gasteiger charge is 2.50. The zero-order valence-electron chi connectivity index (χ0n) is 22.9. The lowest BCUT2D eigenvalue weighted by atomic mass is 9.77. The maximum atomic E-state index is 15.2. The highest BCUT2D eigenvalue weighted by molar-refractivity contribution is 6.34.